The minimum atomic E-state index is 1.04. The second-order valence-corrected chi connectivity index (χ2v) is 4.52. The molecule has 1 heterocycles. The monoisotopic (exact) mass is 219 g/mol. The van der Waals surface area contributed by atoms with E-state index >= 15 is 0 Å². The number of aromatic nitrogens is 1. The number of rotatable bonds is 7. The van der Waals surface area contributed by atoms with E-state index in [0.717, 1.165) is 25.8 Å². The molecule has 1 heteroatoms. The van der Waals surface area contributed by atoms with E-state index < -0.39 is 0 Å². The lowest BCUT2D eigenvalue weighted by atomic mass is 10.1. The first-order valence-corrected chi connectivity index (χ1v) is 6.55. The van der Waals surface area contributed by atoms with Gasteiger partial charge in [0.1, 0.15) is 0 Å². The molecule has 1 rings (SSSR count). The van der Waals surface area contributed by atoms with Crippen LogP contribution in [0.25, 0.3) is 0 Å². The molecule has 0 radical (unpaired) electrons. The van der Waals surface area contributed by atoms with E-state index in [9.17, 15) is 0 Å². The highest BCUT2D eigenvalue weighted by Gasteiger charge is 2.05. The molecule has 0 N–H and O–H groups in total. The summed E-state index contributed by atoms with van der Waals surface area (Å²) in [5, 5.41) is 0. The molecule has 0 aliphatic heterocycles. The molecule has 1 nitrogen and oxygen atoms in total. The van der Waals surface area contributed by atoms with Gasteiger partial charge in [0.2, 0.25) is 0 Å². The van der Waals surface area contributed by atoms with Gasteiger partial charge in [0.05, 0.1) is 0 Å². The van der Waals surface area contributed by atoms with E-state index in [2.05, 4.69) is 44.2 Å². The molecule has 1 aromatic heterocycles. The average molecular weight is 219 g/mol. The Balaban J connectivity index is 2.78. The standard InChI is InChI=1S/C15H25N/c1-5-8-9-16-12-14(7-3)11-15(16)10-13(4)6-2/h11-12H,4-10H2,1-3H3. The predicted molar refractivity (Wildman–Crippen MR) is 71.9 cm³/mol. The van der Waals surface area contributed by atoms with Crippen molar-refractivity contribution in [3.63, 3.8) is 0 Å². The van der Waals surface area contributed by atoms with E-state index in [1.54, 1.807) is 0 Å². The molecule has 0 unspecified atom stereocenters. The fraction of sp³-hybridized carbons (Fsp3) is 0.600. The molecule has 0 saturated heterocycles. The molecule has 0 spiro atoms. The molecule has 1 aromatic rings. The van der Waals surface area contributed by atoms with Crippen LogP contribution in [0.1, 0.15) is 51.3 Å². The van der Waals surface area contributed by atoms with Gasteiger partial charge in [-0.05, 0) is 30.9 Å². The van der Waals surface area contributed by atoms with Gasteiger partial charge in [0.15, 0.2) is 0 Å². The number of unbranched alkanes of at least 4 members (excludes halogenated alkanes) is 1. The predicted octanol–water partition coefficient (Wildman–Crippen LogP) is 4.36. The Hall–Kier alpha value is -0.980. The lowest BCUT2D eigenvalue weighted by Crippen LogP contribution is -2.02. The van der Waals surface area contributed by atoms with Crippen molar-refractivity contribution in [2.75, 3.05) is 0 Å². The van der Waals surface area contributed by atoms with Crippen molar-refractivity contribution in [2.45, 2.75) is 59.4 Å². The Morgan fingerprint density at radius 3 is 2.62 bits per heavy atom. The normalized spacial score (nSPS) is 10.7. The Kier molecular flexibility index (Phi) is 5.37. The largest absolute Gasteiger partial charge is 0.351 e. The summed E-state index contributed by atoms with van der Waals surface area (Å²) in [5.41, 5.74) is 4.23. The first kappa shape index (κ1) is 13.1. The summed E-state index contributed by atoms with van der Waals surface area (Å²) in [4.78, 5) is 0. The zero-order chi connectivity index (χ0) is 12.0. The fourth-order valence-corrected chi connectivity index (χ4v) is 1.88. The van der Waals surface area contributed by atoms with Crippen molar-refractivity contribution < 1.29 is 0 Å². The highest BCUT2D eigenvalue weighted by Crippen LogP contribution is 2.15. The summed E-state index contributed by atoms with van der Waals surface area (Å²) >= 11 is 0. The van der Waals surface area contributed by atoms with Crippen molar-refractivity contribution in [3.8, 4) is 0 Å². The van der Waals surface area contributed by atoms with E-state index in [1.807, 2.05) is 0 Å². The Morgan fingerprint density at radius 1 is 1.31 bits per heavy atom. The van der Waals surface area contributed by atoms with Crippen molar-refractivity contribution in [3.05, 3.63) is 35.7 Å². The van der Waals surface area contributed by atoms with Gasteiger partial charge in [-0.1, -0.05) is 39.3 Å². The quantitative estimate of drug-likeness (QED) is 0.600. The van der Waals surface area contributed by atoms with Crippen LogP contribution in [0.15, 0.2) is 24.4 Å². The van der Waals surface area contributed by atoms with E-state index in [-0.39, 0.29) is 0 Å². The highest BCUT2D eigenvalue weighted by atomic mass is 15.0. The molecular weight excluding hydrogens is 194 g/mol. The fourth-order valence-electron chi connectivity index (χ4n) is 1.88. The number of aryl methyl sites for hydroxylation is 2. The lowest BCUT2D eigenvalue weighted by Gasteiger charge is -2.09. The van der Waals surface area contributed by atoms with Crippen LogP contribution < -0.4 is 0 Å². The molecule has 0 saturated carbocycles. The van der Waals surface area contributed by atoms with Crippen molar-refractivity contribution >= 4 is 0 Å². The lowest BCUT2D eigenvalue weighted by molar-refractivity contribution is 0.613. The van der Waals surface area contributed by atoms with Gasteiger partial charge in [0, 0.05) is 24.9 Å². The molecule has 0 aliphatic rings. The van der Waals surface area contributed by atoms with Crippen LogP contribution in [-0.2, 0) is 19.4 Å². The molecule has 0 atom stereocenters. The number of hydrogen-bond acceptors (Lipinski definition) is 0. The van der Waals surface area contributed by atoms with E-state index in [0.29, 0.717) is 0 Å². The summed E-state index contributed by atoms with van der Waals surface area (Å²) in [6.45, 7) is 11.9. The van der Waals surface area contributed by atoms with Crippen molar-refractivity contribution in [2.24, 2.45) is 0 Å². The van der Waals surface area contributed by atoms with Gasteiger partial charge >= 0.3 is 0 Å². The topological polar surface area (TPSA) is 4.93 Å². The maximum Gasteiger partial charge on any atom is 0.0222 e. The third-order valence-electron chi connectivity index (χ3n) is 3.13. The summed E-state index contributed by atoms with van der Waals surface area (Å²) < 4.78 is 2.42. The molecule has 0 aromatic carbocycles. The van der Waals surface area contributed by atoms with Crippen LogP contribution in [0.5, 0.6) is 0 Å². The summed E-state index contributed by atoms with van der Waals surface area (Å²) in [7, 11) is 0. The highest BCUT2D eigenvalue weighted by molar-refractivity contribution is 5.22. The van der Waals surface area contributed by atoms with Crippen LogP contribution in [-0.4, -0.2) is 4.57 Å². The molecule has 16 heavy (non-hydrogen) atoms. The average Bonchev–Trinajstić information content (AvgIpc) is 2.68. The summed E-state index contributed by atoms with van der Waals surface area (Å²) in [6, 6.07) is 2.34. The Labute approximate surface area is 100 Å². The SMILES string of the molecule is C=C(CC)Cc1cc(CC)cn1CCCC. The molecular formula is C15H25N. The van der Waals surface area contributed by atoms with Gasteiger partial charge in [0.25, 0.3) is 0 Å². The van der Waals surface area contributed by atoms with E-state index in [1.165, 1.54) is 29.7 Å². The van der Waals surface area contributed by atoms with Crippen LogP contribution in [0.4, 0.5) is 0 Å². The maximum absolute atomic E-state index is 4.11. The van der Waals surface area contributed by atoms with Crippen molar-refractivity contribution in [1.82, 2.24) is 4.57 Å². The first-order chi connectivity index (χ1) is 7.71. The maximum atomic E-state index is 4.11. The molecule has 0 fully saturated rings. The van der Waals surface area contributed by atoms with Crippen LogP contribution in [0, 0.1) is 0 Å². The van der Waals surface area contributed by atoms with Crippen LogP contribution >= 0.6 is 0 Å². The van der Waals surface area contributed by atoms with Gasteiger partial charge in [-0.2, -0.15) is 0 Å². The minimum absolute atomic E-state index is 1.04. The van der Waals surface area contributed by atoms with Gasteiger partial charge in [-0.25, -0.2) is 0 Å². The van der Waals surface area contributed by atoms with Crippen LogP contribution in [0.3, 0.4) is 0 Å². The van der Waals surface area contributed by atoms with Crippen molar-refractivity contribution in [1.29, 1.82) is 0 Å². The number of hydrogen-bond donors (Lipinski definition) is 0. The van der Waals surface area contributed by atoms with Gasteiger partial charge < -0.3 is 4.57 Å². The number of allylic oxidation sites excluding steroid dienone is 1. The molecule has 0 amide bonds. The van der Waals surface area contributed by atoms with Crippen LogP contribution in [0.2, 0.25) is 0 Å². The van der Waals surface area contributed by atoms with Gasteiger partial charge in [-0.15, -0.1) is 0 Å². The third kappa shape index (κ3) is 3.55. The third-order valence-corrected chi connectivity index (χ3v) is 3.13. The second kappa shape index (κ2) is 6.57. The number of nitrogens with zero attached hydrogens (tertiary/aromatic N) is 1. The summed E-state index contributed by atoms with van der Waals surface area (Å²) in [5.74, 6) is 0. The Bertz CT molecular complexity index is 333. The smallest absolute Gasteiger partial charge is 0.0222 e. The summed E-state index contributed by atoms with van der Waals surface area (Å²) in [6.07, 6.45) is 8.09. The second-order valence-electron chi connectivity index (χ2n) is 4.52. The molecule has 90 valence electrons. The van der Waals surface area contributed by atoms with E-state index in [4.69, 9.17) is 0 Å². The zero-order valence-electron chi connectivity index (χ0n) is 11.1. The molecule has 0 aliphatic carbocycles. The Morgan fingerprint density at radius 2 is 2.06 bits per heavy atom. The van der Waals surface area contributed by atoms with Gasteiger partial charge in [-0.3, -0.25) is 0 Å². The minimum Gasteiger partial charge on any atom is -0.351 e. The molecule has 0 bridgehead atoms. The zero-order valence-corrected chi connectivity index (χ0v) is 11.1. The first-order valence-electron chi connectivity index (χ1n) is 6.55.